The summed E-state index contributed by atoms with van der Waals surface area (Å²) >= 11 is 1.76. The van der Waals surface area contributed by atoms with Gasteiger partial charge in [0.05, 0.1) is 0 Å². The SMILES string of the molecule is CSc1ccc(N(C)c2cccc(CN)c2)cc1. The van der Waals surface area contributed by atoms with Crippen LogP contribution in [0.5, 0.6) is 0 Å². The molecule has 0 aliphatic rings. The minimum absolute atomic E-state index is 0.576. The zero-order valence-corrected chi connectivity index (χ0v) is 11.6. The Bertz CT molecular complexity index is 508. The average molecular weight is 258 g/mol. The van der Waals surface area contributed by atoms with Gasteiger partial charge in [-0.25, -0.2) is 0 Å². The van der Waals surface area contributed by atoms with Gasteiger partial charge in [-0.3, -0.25) is 0 Å². The van der Waals surface area contributed by atoms with Crippen LogP contribution in [0.4, 0.5) is 11.4 Å². The monoisotopic (exact) mass is 258 g/mol. The Labute approximate surface area is 113 Å². The van der Waals surface area contributed by atoms with Crippen LogP contribution in [0.2, 0.25) is 0 Å². The Morgan fingerprint density at radius 3 is 2.39 bits per heavy atom. The molecule has 3 heteroatoms. The van der Waals surface area contributed by atoms with E-state index in [2.05, 4.69) is 54.6 Å². The lowest BCUT2D eigenvalue weighted by Crippen LogP contribution is -2.10. The van der Waals surface area contributed by atoms with E-state index in [9.17, 15) is 0 Å². The predicted octanol–water partition coefficient (Wildman–Crippen LogP) is 3.64. The summed E-state index contributed by atoms with van der Waals surface area (Å²) in [5.74, 6) is 0. The van der Waals surface area contributed by atoms with Crippen LogP contribution < -0.4 is 10.6 Å². The fraction of sp³-hybridized carbons (Fsp3) is 0.200. The van der Waals surface area contributed by atoms with Crippen LogP contribution in [0.15, 0.2) is 53.4 Å². The highest BCUT2D eigenvalue weighted by atomic mass is 32.2. The lowest BCUT2D eigenvalue weighted by Gasteiger charge is -2.20. The van der Waals surface area contributed by atoms with Crippen LogP contribution in [0.25, 0.3) is 0 Å². The molecule has 0 unspecified atom stereocenters. The third-order valence-electron chi connectivity index (χ3n) is 2.99. The number of benzene rings is 2. The van der Waals surface area contributed by atoms with Crippen molar-refractivity contribution in [2.75, 3.05) is 18.2 Å². The second-order valence-corrected chi connectivity index (χ2v) is 5.01. The summed E-state index contributed by atoms with van der Waals surface area (Å²) in [7, 11) is 2.07. The van der Waals surface area contributed by atoms with E-state index < -0.39 is 0 Å². The van der Waals surface area contributed by atoms with Gasteiger partial charge in [-0.15, -0.1) is 11.8 Å². The quantitative estimate of drug-likeness (QED) is 0.849. The van der Waals surface area contributed by atoms with Crippen molar-refractivity contribution in [1.82, 2.24) is 0 Å². The molecule has 0 spiro atoms. The van der Waals surface area contributed by atoms with Gasteiger partial charge in [0.1, 0.15) is 0 Å². The third kappa shape index (κ3) is 2.86. The topological polar surface area (TPSA) is 29.3 Å². The molecule has 2 rings (SSSR count). The van der Waals surface area contributed by atoms with Gasteiger partial charge in [-0.2, -0.15) is 0 Å². The molecule has 2 aromatic carbocycles. The fourth-order valence-electron chi connectivity index (χ4n) is 1.85. The van der Waals surface area contributed by atoms with Crippen LogP contribution in [-0.4, -0.2) is 13.3 Å². The maximum atomic E-state index is 5.67. The van der Waals surface area contributed by atoms with E-state index in [1.165, 1.54) is 10.6 Å². The number of thioether (sulfide) groups is 1. The first-order chi connectivity index (χ1) is 8.74. The van der Waals surface area contributed by atoms with Crippen LogP contribution in [0, 0.1) is 0 Å². The largest absolute Gasteiger partial charge is 0.345 e. The van der Waals surface area contributed by atoms with Gasteiger partial charge in [0, 0.05) is 29.9 Å². The maximum absolute atomic E-state index is 5.67. The minimum atomic E-state index is 0.576. The smallest absolute Gasteiger partial charge is 0.0411 e. The second kappa shape index (κ2) is 5.94. The lowest BCUT2D eigenvalue weighted by atomic mass is 10.2. The van der Waals surface area contributed by atoms with E-state index in [4.69, 9.17) is 5.73 Å². The highest BCUT2D eigenvalue weighted by Crippen LogP contribution is 2.26. The summed E-state index contributed by atoms with van der Waals surface area (Å²) in [6.07, 6.45) is 2.09. The zero-order valence-electron chi connectivity index (χ0n) is 10.8. The van der Waals surface area contributed by atoms with Crippen molar-refractivity contribution in [2.24, 2.45) is 5.73 Å². The molecule has 18 heavy (non-hydrogen) atoms. The highest BCUT2D eigenvalue weighted by molar-refractivity contribution is 7.98. The van der Waals surface area contributed by atoms with E-state index in [0.717, 1.165) is 11.3 Å². The lowest BCUT2D eigenvalue weighted by molar-refractivity contribution is 1.06. The van der Waals surface area contributed by atoms with Crippen molar-refractivity contribution in [3.8, 4) is 0 Å². The number of anilines is 2. The van der Waals surface area contributed by atoms with Crippen LogP contribution >= 0.6 is 11.8 Å². The van der Waals surface area contributed by atoms with Crippen LogP contribution in [0.3, 0.4) is 0 Å². The Hall–Kier alpha value is -1.45. The number of hydrogen-bond donors (Lipinski definition) is 1. The number of hydrogen-bond acceptors (Lipinski definition) is 3. The van der Waals surface area contributed by atoms with E-state index in [-0.39, 0.29) is 0 Å². The first-order valence-electron chi connectivity index (χ1n) is 5.91. The first kappa shape index (κ1) is 13.0. The Morgan fingerprint density at radius 2 is 1.78 bits per heavy atom. The molecule has 94 valence electrons. The molecule has 0 bridgehead atoms. The van der Waals surface area contributed by atoms with Crippen molar-refractivity contribution >= 4 is 23.1 Å². The summed E-state index contributed by atoms with van der Waals surface area (Å²) in [5, 5.41) is 0. The van der Waals surface area contributed by atoms with Crippen LogP contribution in [0.1, 0.15) is 5.56 Å². The van der Waals surface area contributed by atoms with Crippen molar-refractivity contribution < 1.29 is 0 Å². The Balaban J connectivity index is 2.25. The molecule has 0 radical (unpaired) electrons. The molecule has 0 saturated carbocycles. The standard InChI is InChI=1S/C15H18N2S/c1-17(13-6-8-15(18-2)9-7-13)14-5-3-4-12(10-14)11-16/h3-10H,11,16H2,1-2H3. The molecule has 0 heterocycles. The van der Waals surface area contributed by atoms with Gasteiger partial charge >= 0.3 is 0 Å². The van der Waals surface area contributed by atoms with E-state index in [1.54, 1.807) is 11.8 Å². The third-order valence-corrected chi connectivity index (χ3v) is 3.74. The summed E-state index contributed by atoms with van der Waals surface area (Å²) in [6.45, 7) is 0.576. The number of nitrogens with zero attached hydrogens (tertiary/aromatic N) is 1. The average Bonchev–Trinajstić information content (AvgIpc) is 2.46. The molecular weight excluding hydrogens is 240 g/mol. The molecule has 0 saturated heterocycles. The van der Waals surface area contributed by atoms with Crippen molar-refractivity contribution in [3.05, 3.63) is 54.1 Å². The molecule has 0 fully saturated rings. The predicted molar refractivity (Wildman–Crippen MR) is 80.6 cm³/mol. The van der Waals surface area contributed by atoms with Gasteiger partial charge in [0.2, 0.25) is 0 Å². The van der Waals surface area contributed by atoms with Gasteiger partial charge in [0.15, 0.2) is 0 Å². The highest BCUT2D eigenvalue weighted by Gasteiger charge is 2.04. The number of rotatable bonds is 4. The van der Waals surface area contributed by atoms with Crippen molar-refractivity contribution in [1.29, 1.82) is 0 Å². The normalized spacial score (nSPS) is 10.4. The summed E-state index contributed by atoms with van der Waals surface area (Å²) in [5.41, 5.74) is 9.17. The van der Waals surface area contributed by atoms with Gasteiger partial charge in [-0.05, 0) is 48.2 Å². The molecule has 2 N–H and O–H groups in total. The fourth-order valence-corrected chi connectivity index (χ4v) is 2.26. The minimum Gasteiger partial charge on any atom is -0.345 e. The summed E-state index contributed by atoms with van der Waals surface area (Å²) in [6, 6.07) is 16.9. The van der Waals surface area contributed by atoms with Gasteiger partial charge in [0.25, 0.3) is 0 Å². The first-order valence-corrected chi connectivity index (χ1v) is 7.14. The van der Waals surface area contributed by atoms with Gasteiger partial charge in [-0.1, -0.05) is 12.1 Å². The Kier molecular flexibility index (Phi) is 4.28. The maximum Gasteiger partial charge on any atom is 0.0411 e. The van der Waals surface area contributed by atoms with E-state index >= 15 is 0 Å². The molecule has 2 nitrogen and oxygen atoms in total. The molecule has 0 amide bonds. The Morgan fingerprint density at radius 1 is 1.06 bits per heavy atom. The van der Waals surface area contributed by atoms with Crippen molar-refractivity contribution in [3.63, 3.8) is 0 Å². The number of nitrogens with two attached hydrogens (primary N) is 1. The summed E-state index contributed by atoms with van der Waals surface area (Å²) in [4.78, 5) is 3.45. The summed E-state index contributed by atoms with van der Waals surface area (Å²) < 4.78 is 0. The van der Waals surface area contributed by atoms with Crippen LogP contribution in [-0.2, 0) is 6.54 Å². The molecule has 0 atom stereocenters. The molecule has 0 aliphatic carbocycles. The molecule has 2 aromatic rings. The van der Waals surface area contributed by atoms with E-state index in [1.807, 2.05) is 12.1 Å². The zero-order chi connectivity index (χ0) is 13.0. The second-order valence-electron chi connectivity index (χ2n) is 4.13. The van der Waals surface area contributed by atoms with E-state index in [0.29, 0.717) is 6.54 Å². The molecule has 0 aliphatic heterocycles. The molecule has 0 aromatic heterocycles. The van der Waals surface area contributed by atoms with Gasteiger partial charge < -0.3 is 10.6 Å². The molecular formula is C15H18N2S. The van der Waals surface area contributed by atoms with Crippen molar-refractivity contribution in [2.45, 2.75) is 11.4 Å².